The summed E-state index contributed by atoms with van der Waals surface area (Å²) in [4.78, 5) is 24.4. The lowest BCUT2D eigenvalue weighted by Crippen LogP contribution is -2.44. The van der Waals surface area contributed by atoms with Crippen molar-refractivity contribution >= 4 is 17.5 Å². The predicted molar refractivity (Wildman–Crippen MR) is 99.2 cm³/mol. The quantitative estimate of drug-likeness (QED) is 0.806. The van der Waals surface area contributed by atoms with Gasteiger partial charge in [-0.15, -0.1) is 0 Å². The van der Waals surface area contributed by atoms with Crippen molar-refractivity contribution < 1.29 is 19.1 Å². The molecule has 0 saturated heterocycles. The topological polar surface area (TPSA) is 76.7 Å². The van der Waals surface area contributed by atoms with Gasteiger partial charge in [-0.05, 0) is 49.1 Å². The first-order chi connectivity index (χ1) is 12.4. The van der Waals surface area contributed by atoms with E-state index in [4.69, 9.17) is 9.47 Å². The van der Waals surface area contributed by atoms with E-state index in [-0.39, 0.29) is 12.8 Å². The molecular formula is C20H28N2O4. The number of carbonyl (C=O) groups excluding carboxylic acids is 2. The van der Waals surface area contributed by atoms with Crippen LogP contribution < -0.4 is 20.1 Å². The molecule has 1 aromatic rings. The highest BCUT2D eigenvalue weighted by molar-refractivity contribution is 6.39. The standard InChI is InChI=1S/C20H28N2O4/c1-4-20(2,3)13-5-7-14(8-6-13)21-18(23)19(24)22-15-9-10-16-17(11-15)26-12-25-16/h9-11,13-14H,4-8,12H2,1-3H3,(H,21,23)(H,22,24). The van der Waals surface area contributed by atoms with Crippen molar-refractivity contribution in [2.75, 3.05) is 12.1 Å². The summed E-state index contributed by atoms with van der Waals surface area (Å²) in [5, 5.41) is 5.49. The molecule has 2 aliphatic rings. The van der Waals surface area contributed by atoms with Crippen LogP contribution in [-0.4, -0.2) is 24.6 Å². The first kappa shape index (κ1) is 18.5. The van der Waals surface area contributed by atoms with Gasteiger partial charge in [-0.1, -0.05) is 27.2 Å². The second-order valence-electron chi connectivity index (χ2n) is 7.89. The summed E-state index contributed by atoms with van der Waals surface area (Å²) in [6.45, 7) is 7.03. The lowest BCUT2D eigenvalue weighted by Gasteiger charge is -2.39. The van der Waals surface area contributed by atoms with E-state index in [2.05, 4.69) is 31.4 Å². The van der Waals surface area contributed by atoms with Crippen LogP contribution in [-0.2, 0) is 9.59 Å². The Morgan fingerprint density at radius 3 is 2.46 bits per heavy atom. The number of nitrogens with one attached hydrogen (secondary N) is 2. The number of rotatable bonds is 4. The number of carbonyl (C=O) groups is 2. The Morgan fingerprint density at radius 2 is 1.77 bits per heavy atom. The number of hydrogen-bond acceptors (Lipinski definition) is 4. The molecule has 0 unspecified atom stereocenters. The Labute approximate surface area is 154 Å². The van der Waals surface area contributed by atoms with E-state index >= 15 is 0 Å². The van der Waals surface area contributed by atoms with Gasteiger partial charge in [0.15, 0.2) is 11.5 Å². The molecule has 0 bridgehead atoms. The van der Waals surface area contributed by atoms with Crippen molar-refractivity contribution in [3.63, 3.8) is 0 Å². The zero-order chi connectivity index (χ0) is 18.7. The van der Waals surface area contributed by atoms with Crippen LogP contribution in [0.1, 0.15) is 52.9 Å². The molecule has 0 atom stereocenters. The molecule has 0 aromatic heterocycles. The molecule has 26 heavy (non-hydrogen) atoms. The maximum atomic E-state index is 12.2. The van der Waals surface area contributed by atoms with Gasteiger partial charge in [0.2, 0.25) is 6.79 Å². The Bertz CT molecular complexity index is 678. The van der Waals surface area contributed by atoms with Gasteiger partial charge in [0.1, 0.15) is 0 Å². The van der Waals surface area contributed by atoms with E-state index in [0.717, 1.165) is 32.1 Å². The molecule has 1 aliphatic heterocycles. The first-order valence-electron chi connectivity index (χ1n) is 9.40. The monoisotopic (exact) mass is 360 g/mol. The number of fused-ring (bicyclic) bond motifs is 1. The van der Waals surface area contributed by atoms with Crippen molar-refractivity contribution in [3.8, 4) is 11.5 Å². The van der Waals surface area contributed by atoms with Crippen LogP contribution in [0.4, 0.5) is 5.69 Å². The maximum Gasteiger partial charge on any atom is 0.313 e. The number of ether oxygens (including phenoxy) is 2. The summed E-state index contributed by atoms with van der Waals surface area (Å²) in [5.41, 5.74) is 0.855. The van der Waals surface area contributed by atoms with Crippen molar-refractivity contribution in [1.29, 1.82) is 0 Å². The lowest BCUT2D eigenvalue weighted by atomic mass is 9.69. The molecule has 1 heterocycles. The molecule has 6 nitrogen and oxygen atoms in total. The first-order valence-corrected chi connectivity index (χ1v) is 9.40. The molecule has 1 saturated carbocycles. The zero-order valence-corrected chi connectivity index (χ0v) is 15.8. The van der Waals surface area contributed by atoms with Gasteiger partial charge in [0.05, 0.1) is 0 Å². The number of anilines is 1. The lowest BCUT2D eigenvalue weighted by molar-refractivity contribution is -0.136. The van der Waals surface area contributed by atoms with Gasteiger partial charge in [0.25, 0.3) is 0 Å². The zero-order valence-electron chi connectivity index (χ0n) is 15.8. The van der Waals surface area contributed by atoms with E-state index in [1.165, 1.54) is 0 Å². The summed E-state index contributed by atoms with van der Waals surface area (Å²) in [6.07, 6.45) is 5.20. The van der Waals surface area contributed by atoms with Crippen molar-refractivity contribution in [1.82, 2.24) is 5.32 Å². The smallest absolute Gasteiger partial charge is 0.313 e. The SMILES string of the molecule is CCC(C)(C)C1CCC(NC(=O)C(=O)Nc2ccc3c(c2)OCO3)CC1. The number of benzene rings is 1. The third-order valence-corrected chi connectivity index (χ3v) is 5.92. The van der Waals surface area contributed by atoms with Crippen molar-refractivity contribution in [3.05, 3.63) is 18.2 Å². The van der Waals surface area contributed by atoms with E-state index < -0.39 is 11.8 Å². The Balaban J connectivity index is 1.48. The molecule has 1 fully saturated rings. The average Bonchev–Trinajstić information content (AvgIpc) is 3.10. The van der Waals surface area contributed by atoms with Crippen LogP contribution in [0.3, 0.4) is 0 Å². The third-order valence-electron chi connectivity index (χ3n) is 5.92. The van der Waals surface area contributed by atoms with E-state index in [9.17, 15) is 9.59 Å². The summed E-state index contributed by atoms with van der Waals surface area (Å²) < 4.78 is 10.5. The van der Waals surface area contributed by atoms with Gasteiger partial charge in [-0.2, -0.15) is 0 Å². The fourth-order valence-corrected chi connectivity index (χ4v) is 3.72. The second kappa shape index (κ2) is 7.56. The van der Waals surface area contributed by atoms with Gasteiger partial charge in [-0.3, -0.25) is 9.59 Å². The van der Waals surface area contributed by atoms with Gasteiger partial charge in [0, 0.05) is 17.8 Å². The molecule has 1 aromatic carbocycles. The molecule has 6 heteroatoms. The van der Waals surface area contributed by atoms with Crippen LogP contribution >= 0.6 is 0 Å². The molecule has 3 rings (SSSR count). The van der Waals surface area contributed by atoms with Crippen molar-refractivity contribution in [2.24, 2.45) is 11.3 Å². The molecular weight excluding hydrogens is 332 g/mol. The highest BCUT2D eigenvalue weighted by atomic mass is 16.7. The Hall–Kier alpha value is -2.24. The van der Waals surface area contributed by atoms with Gasteiger partial charge < -0.3 is 20.1 Å². The summed E-state index contributed by atoms with van der Waals surface area (Å²) in [7, 11) is 0. The normalized spacial score (nSPS) is 22.0. The Kier molecular flexibility index (Phi) is 5.39. The molecule has 2 amide bonds. The fraction of sp³-hybridized carbons (Fsp3) is 0.600. The highest BCUT2D eigenvalue weighted by Crippen LogP contribution is 2.40. The average molecular weight is 360 g/mol. The van der Waals surface area contributed by atoms with E-state index in [1.54, 1.807) is 18.2 Å². The van der Waals surface area contributed by atoms with Crippen LogP contribution in [0.5, 0.6) is 11.5 Å². The van der Waals surface area contributed by atoms with Crippen LogP contribution in [0.2, 0.25) is 0 Å². The van der Waals surface area contributed by atoms with Crippen molar-refractivity contribution in [2.45, 2.75) is 58.9 Å². The summed E-state index contributed by atoms with van der Waals surface area (Å²) >= 11 is 0. The molecule has 142 valence electrons. The molecule has 2 N–H and O–H groups in total. The second-order valence-corrected chi connectivity index (χ2v) is 7.89. The summed E-state index contributed by atoms with van der Waals surface area (Å²) in [6, 6.07) is 5.14. The maximum absolute atomic E-state index is 12.2. The fourth-order valence-electron chi connectivity index (χ4n) is 3.72. The van der Waals surface area contributed by atoms with Crippen LogP contribution in [0.15, 0.2) is 18.2 Å². The predicted octanol–water partition coefficient (Wildman–Crippen LogP) is 3.47. The minimum absolute atomic E-state index is 0.0777. The largest absolute Gasteiger partial charge is 0.454 e. The van der Waals surface area contributed by atoms with E-state index in [1.807, 2.05) is 0 Å². The van der Waals surface area contributed by atoms with Crippen LogP contribution in [0, 0.1) is 11.3 Å². The number of hydrogen-bond donors (Lipinski definition) is 2. The number of amides is 2. The minimum Gasteiger partial charge on any atom is -0.454 e. The third kappa shape index (κ3) is 4.11. The molecule has 1 aliphatic carbocycles. The van der Waals surface area contributed by atoms with Crippen LogP contribution in [0.25, 0.3) is 0 Å². The molecule has 0 radical (unpaired) electrons. The van der Waals surface area contributed by atoms with Gasteiger partial charge >= 0.3 is 11.8 Å². The Morgan fingerprint density at radius 1 is 1.08 bits per heavy atom. The minimum atomic E-state index is -0.653. The van der Waals surface area contributed by atoms with Gasteiger partial charge in [-0.25, -0.2) is 0 Å². The molecule has 0 spiro atoms. The van der Waals surface area contributed by atoms with E-state index in [0.29, 0.717) is 28.5 Å². The summed E-state index contributed by atoms with van der Waals surface area (Å²) in [5.74, 6) is 0.656. The highest BCUT2D eigenvalue weighted by Gasteiger charge is 2.32.